The Balaban J connectivity index is 0.000000431. The summed E-state index contributed by atoms with van der Waals surface area (Å²) in [5.74, 6) is -0.745. The van der Waals surface area contributed by atoms with E-state index in [1.165, 1.54) is 16.1 Å². The van der Waals surface area contributed by atoms with Gasteiger partial charge in [0.05, 0.1) is 10.5 Å². The first-order valence-electron chi connectivity index (χ1n) is 9.49. The first-order valence-corrected chi connectivity index (χ1v) is 10.4. The van der Waals surface area contributed by atoms with Crippen LogP contribution < -0.4 is 0 Å². The highest BCUT2D eigenvalue weighted by Crippen LogP contribution is 2.28. The van der Waals surface area contributed by atoms with E-state index in [1.54, 1.807) is 18.3 Å². The maximum Gasteiger partial charge on any atom is 0.303 e. The van der Waals surface area contributed by atoms with E-state index < -0.39 is 5.97 Å². The highest BCUT2D eigenvalue weighted by molar-refractivity contribution is 7.12. The molecule has 0 unspecified atom stereocenters. The van der Waals surface area contributed by atoms with Crippen molar-refractivity contribution in [1.82, 2.24) is 4.57 Å². The van der Waals surface area contributed by atoms with Crippen LogP contribution >= 0.6 is 11.3 Å². The van der Waals surface area contributed by atoms with Gasteiger partial charge in [-0.1, -0.05) is 49.4 Å². The van der Waals surface area contributed by atoms with Crippen LogP contribution in [0.15, 0.2) is 72.2 Å². The van der Waals surface area contributed by atoms with Gasteiger partial charge >= 0.3 is 5.97 Å². The maximum atomic E-state index is 9.37. The first-order chi connectivity index (χ1) is 14.0. The molecule has 148 valence electrons. The van der Waals surface area contributed by atoms with Gasteiger partial charge in [0.2, 0.25) is 0 Å². The van der Waals surface area contributed by atoms with Gasteiger partial charge in [-0.2, -0.15) is 0 Å². The number of carboxylic acid groups (broad SMARTS) is 1. The van der Waals surface area contributed by atoms with Crippen LogP contribution in [0.3, 0.4) is 0 Å². The second-order valence-electron chi connectivity index (χ2n) is 6.71. The molecule has 0 radical (unpaired) electrons. The number of para-hydroxylation sites is 1. The Labute approximate surface area is 174 Å². The predicted octanol–water partition coefficient (Wildman–Crippen LogP) is 6.09. The fourth-order valence-electron chi connectivity index (χ4n) is 3.10. The highest BCUT2D eigenvalue weighted by Gasteiger charge is 2.14. The van der Waals surface area contributed by atoms with E-state index in [4.69, 9.17) is 10.5 Å². The molecule has 0 aliphatic heterocycles. The molecule has 0 amide bonds. The number of thiophene rings is 1. The minimum Gasteiger partial charge on any atom is -0.481 e. The van der Waals surface area contributed by atoms with E-state index in [0.29, 0.717) is 12.1 Å². The van der Waals surface area contributed by atoms with Crippen LogP contribution in [0.1, 0.15) is 30.0 Å². The number of hydrogen-bond acceptors (Lipinski definition) is 3. The van der Waals surface area contributed by atoms with Gasteiger partial charge in [0.15, 0.2) is 0 Å². The number of hydrogen-bond donors (Lipinski definition) is 2. The zero-order valence-corrected chi connectivity index (χ0v) is 17.4. The van der Waals surface area contributed by atoms with Crippen LogP contribution in [0, 0.1) is 12.3 Å². The monoisotopic (exact) mass is 404 g/mol. The van der Waals surface area contributed by atoms with E-state index in [-0.39, 0.29) is 6.42 Å². The van der Waals surface area contributed by atoms with Crippen molar-refractivity contribution >= 4 is 33.9 Å². The van der Waals surface area contributed by atoms with Crippen molar-refractivity contribution in [3.63, 3.8) is 0 Å². The molecule has 2 aromatic heterocycles. The summed E-state index contributed by atoms with van der Waals surface area (Å²) in [7, 11) is 0. The van der Waals surface area contributed by atoms with Crippen LogP contribution in [0.2, 0.25) is 0 Å². The van der Waals surface area contributed by atoms with Gasteiger partial charge in [0, 0.05) is 35.7 Å². The van der Waals surface area contributed by atoms with Crippen LogP contribution in [-0.2, 0) is 11.2 Å². The molecule has 29 heavy (non-hydrogen) atoms. The third-order valence-corrected chi connectivity index (χ3v) is 5.58. The van der Waals surface area contributed by atoms with E-state index in [1.807, 2.05) is 18.2 Å². The summed E-state index contributed by atoms with van der Waals surface area (Å²) in [6, 6.07) is 20.8. The summed E-state index contributed by atoms with van der Waals surface area (Å²) >= 11 is 1.71. The molecule has 0 saturated carbocycles. The lowest BCUT2D eigenvalue weighted by atomic mass is 9.99. The highest BCUT2D eigenvalue weighted by atomic mass is 32.1. The molecule has 0 bridgehead atoms. The summed E-state index contributed by atoms with van der Waals surface area (Å²) < 4.78 is 2.20. The van der Waals surface area contributed by atoms with Gasteiger partial charge in [-0.3, -0.25) is 4.79 Å². The lowest BCUT2D eigenvalue weighted by molar-refractivity contribution is -0.136. The van der Waals surface area contributed by atoms with Crippen LogP contribution in [0.4, 0.5) is 0 Å². The molecule has 0 atom stereocenters. The Morgan fingerprint density at radius 1 is 1.07 bits per heavy atom. The molecule has 2 N–H and O–H groups in total. The molecule has 4 nitrogen and oxygen atoms in total. The average molecular weight is 405 g/mol. The fourth-order valence-corrected chi connectivity index (χ4v) is 3.82. The summed E-state index contributed by atoms with van der Waals surface area (Å²) in [4.78, 5) is 9.37. The van der Waals surface area contributed by atoms with Crippen molar-refractivity contribution in [3.8, 4) is 5.00 Å². The maximum absolute atomic E-state index is 9.37. The molecule has 4 rings (SSSR count). The number of nitrogens with zero attached hydrogens (tertiary/aromatic N) is 1. The quantitative estimate of drug-likeness (QED) is 0.395. The number of fused-ring (bicyclic) bond motifs is 1. The second-order valence-corrected chi connectivity index (χ2v) is 7.64. The Hall–Kier alpha value is -3.18. The van der Waals surface area contributed by atoms with E-state index in [9.17, 15) is 4.79 Å². The van der Waals surface area contributed by atoms with Crippen LogP contribution in [0.5, 0.6) is 0 Å². The Morgan fingerprint density at radius 2 is 1.76 bits per heavy atom. The minimum absolute atomic E-state index is 0.222. The number of aromatic nitrogens is 1. The number of nitrogens with one attached hydrogen (secondary N) is 1. The van der Waals surface area contributed by atoms with E-state index >= 15 is 0 Å². The summed E-state index contributed by atoms with van der Waals surface area (Å²) in [6.45, 7) is 3.71. The molecule has 5 heteroatoms. The van der Waals surface area contributed by atoms with Crippen molar-refractivity contribution in [2.75, 3.05) is 0 Å². The third kappa shape index (κ3) is 4.81. The lowest BCUT2D eigenvalue weighted by Crippen LogP contribution is -2.04. The van der Waals surface area contributed by atoms with E-state index in [2.05, 4.69) is 65.5 Å². The van der Waals surface area contributed by atoms with Crippen LogP contribution in [0.25, 0.3) is 15.9 Å². The molecule has 0 aliphatic carbocycles. The normalized spacial score (nSPS) is 10.4. The number of rotatable bonds is 5. The second kappa shape index (κ2) is 9.34. The van der Waals surface area contributed by atoms with Gasteiger partial charge in [-0.15, -0.1) is 11.3 Å². The predicted molar refractivity (Wildman–Crippen MR) is 121 cm³/mol. The zero-order chi connectivity index (χ0) is 20.8. The Bertz CT molecular complexity index is 1130. The summed E-state index contributed by atoms with van der Waals surface area (Å²) in [6.07, 6.45) is 2.99. The molecule has 2 aromatic carbocycles. The van der Waals surface area contributed by atoms with Crippen molar-refractivity contribution < 1.29 is 9.90 Å². The van der Waals surface area contributed by atoms with Gasteiger partial charge in [0.25, 0.3) is 0 Å². The van der Waals surface area contributed by atoms with Crippen molar-refractivity contribution in [2.45, 2.75) is 26.7 Å². The topological polar surface area (TPSA) is 66.1 Å². The Kier molecular flexibility index (Phi) is 6.62. The van der Waals surface area contributed by atoms with Gasteiger partial charge in [-0.25, -0.2) is 0 Å². The molecule has 0 fully saturated rings. The Morgan fingerprint density at radius 3 is 2.41 bits per heavy atom. The standard InChI is InChI=1S/C21H18N2S.C3H6O2/c1-15-7-2-3-8-16(15)13-19(22)18-14-23(21-11-6-12-24-21)20-10-5-4-9-17(18)20;1-2-3(4)5/h2-12,14,22H,13H2,1H3;2H2,1H3,(H,4,5). The smallest absolute Gasteiger partial charge is 0.303 e. The largest absolute Gasteiger partial charge is 0.481 e. The van der Waals surface area contributed by atoms with Crippen LogP contribution in [-0.4, -0.2) is 21.4 Å². The minimum atomic E-state index is -0.745. The zero-order valence-electron chi connectivity index (χ0n) is 16.6. The SMILES string of the molecule is CCC(=O)O.Cc1ccccc1CC(=N)c1cn(-c2cccs2)c2ccccc12. The first kappa shape index (κ1) is 20.6. The number of aryl methyl sites for hydroxylation is 1. The average Bonchev–Trinajstić information content (AvgIpc) is 3.38. The van der Waals surface area contributed by atoms with Crippen molar-refractivity contribution in [1.29, 1.82) is 5.41 Å². The lowest BCUT2D eigenvalue weighted by Gasteiger charge is -2.06. The number of aliphatic carboxylic acids is 1. The molecule has 0 spiro atoms. The van der Waals surface area contributed by atoms with Gasteiger partial charge in [0.1, 0.15) is 0 Å². The van der Waals surface area contributed by atoms with Gasteiger partial charge in [-0.05, 0) is 41.6 Å². The molecule has 4 aromatic rings. The molecule has 0 aliphatic rings. The number of carbonyl (C=O) groups is 1. The van der Waals surface area contributed by atoms with Gasteiger partial charge < -0.3 is 15.1 Å². The summed E-state index contributed by atoms with van der Waals surface area (Å²) in [5, 5.41) is 20.8. The van der Waals surface area contributed by atoms with E-state index in [0.717, 1.165) is 16.5 Å². The third-order valence-electron chi connectivity index (χ3n) is 4.71. The van der Waals surface area contributed by atoms with Crippen molar-refractivity contribution in [3.05, 3.63) is 88.9 Å². The van der Waals surface area contributed by atoms with Crippen molar-refractivity contribution in [2.24, 2.45) is 0 Å². The molecule has 0 saturated heterocycles. The molecular formula is C24H24N2O2S. The summed E-state index contributed by atoms with van der Waals surface area (Å²) in [5.41, 5.74) is 5.29. The molecular weight excluding hydrogens is 380 g/mol. The number of benzene rings is 2. The number of carboxylic acids is 1. The molecule has 2 heterocycles. The fraction of sp³-hybridized carbons (Fsp3) is 0.167.